The molecule has 2 saturated heterocycles. The Morgan fingerprint density at radius 2 is 1.47 bits per heavy atom. The number of rotatable bonds is 8. The van der Waals surface area contributed by atoms with Crippen LogP contribution in [0.1, 0.15) is 48.7 Å². The highest BCUT2D eigenvalue weighted by atomic mass is 28.4. The van der Waals surface area contributed by atoms with E-state index in [-0.39, 0.29) is 44.0 Å². The van der Waals surface area contributed by atoms with E-state index in [1.165, 1.54) is 42.3 Å². The Kier molecular flexibility index (Phi) is 11.4. The SMILES string of the molecule is CC(C)(C)[Si](C)(C)OC(c1ccc(CN2CCN(C(=O)c3ccc(NC(=O)NC4CCN(C(=O)O)C4)c(F)c3)CC2)cc1)(C(F)(F)F)C(F)(F)F. The molecule has 282 valence electrons. The molecule has 0 aromatic heterocycles. The van der Waals surface area contributed by atoms with Crippen LogP contribution in [-0.4, -0.2) is 104 Å². The van der Waals surface area contributed by atoms with Crippen molar-refractivity contribution in [1.29, 1.82) is 0 Å². The predicted octanol–water partition coefficient (Wildman–Crippen LogP) is 7.00. The van der Waals surface area contributed by atoms with Gasteiger partial charge in [-0.3, -0.25) is 9.69 Å². The zero-order valence-electron chi connectivity index (χ0n) is 28.8. The van der Waals surface area contributed by atoms with E-state index in [0.717, 1.165) is 23.1 Å². The summed E-state index contributed by atoms with van der Waals surface area (Å²) in [4.78, 5) is 41.0. The molecular weight excluding hydrogens is 707 g/mol. The van der Waals surface area contributed by atoms with Crippen LogP contribution < -0.4 is 10.6 Å². The lowest BCUT2D eigenvalue weighted by molar-refractivity contribution is -0.369. The second-order valence-corrected chi connectivity index (χ2v) is 19.0. The van der Waals surface area contributed by atoms with E-state index in [1.54, 1.807) is 20.8 Å². The molecule has 2 aromatic carbocycles. The molecule has 0 bridgehead atoms. The lowest BCUT2D eigenvalue weighted by Gasteiger charge is -2.46. The summed E-state index contributed by atoms with van der Waals surface area (Å²) in [6.07, 6.45) is -12.3. The van der Waals surface area contributed by atoms with Crippen LogP contribution >= 0.6 is 0 Å². The third kappa shape index (κ3) is 8.77. The van der Waals surface area contributed by atoms with Gasteiger partial charge in [-0.15, -0.1) is 0 Å². The molecule has 2 aliphatic rings. The van der Waals surface area contributed by atoms with Gasteiger partial charge in [0.1, 0.15) is 5.82 Å². The van der Waals surface area contributed by atoms with Gasteiger partial charge in [-0.05, 0) is 48.3 Å². The van der Waals surface area contributed by atoms with Gasteiger partial charge in [0.2, 0.25) is 0 Å². The minimum absolute atomic E-state index is 0.0353. The first-order chi connectivity index (χ1) is 23.4. The highest BCUT2D eigenvalue weighted by Crippen LogP contribution is 2.56. The molecule has 4 amide bonds. The number of alkyl halides is 6. The van der Waals surface area contributed by atoms with Gasteiger partial charge < -0.3 is 30.0 Å². The Bertz CT molecular complexity index is 1580. The van der Waals surface area contributed by atoms with Crippen molar-refractivity contribution in [1.82, 2.24) is 20.0 Å². The van der Waals surface area contributed by atoms with E-state index in [0.29, 0.717) is 25.1 Å². The fourth-order valence-electron chi connectivity index (χ4n) is 5.74. The molecule has 2 aromatic rings. The second-order valence-electron chi connectivity index (χ2n) is 14.3. The van der Waals surface area contributed by atoms with E-state index in [9.17, 15) is 45.1 Å². The van der Waals surface area contributed by atoms with Gasteiger partial charge in [0.25, 0.3) is 11.5 Å². The molecule has 10 nitrogen and oxygen atoms in total. The molecule has 0 spiro atoms. The molecule has 2 heterocycles. The minimum atomic E-state index is -5.79. The number of carbonyl (C=O) groups excluding carboxylic acids is 2. The van der Waals surface area contributed by atoms with Crippen LogP contribution in [0.2, 0.25) is 18.1 Å². The van der Waals surface area contributed by atoms with E-state index < -0.39 is 66.8 Å². The molecule has 0 aliphatic carbocycles. The van der Waals surface area contributed by atoms with E-state index in [2.05, 4.69) is 10.6 Å². The van der Waals surface area contributed by atoms with Gasteiger partial charge >= 0.3 is 24.5 Å². The Morgan fingerprint density at radius 1 is 0.882 bits per heavy atom. The molecule has 0 radical (unpaired) electrons. The van der Waals surface area contributed by atoms with Crippen LogP contribution in [0.15, 0.2) is 42.5 Å². The molecule has 18 heteroatoms. The third-order valence-corrected chi connectivity index (χ3v) is 14.1. The number of benzene rings is 2. The lowest BCUT2D eigenvalue weighted by atomic mass is 9.91. The second kappa shape index (κ2) is 14.6. The van der Waals surface area contributed by atoms with Gasteiger partial charge in [0.15, 0.2) is 8.32 Å². The van der Waals surface area contributed by atoms with Crippen molar-refractivity contribution >= 4 is 32.0 Å². The summed E-state index contributed by atoms with van der Waals surface area (Å²) in [5.74, 6) is -1.32. The highest BCUT2D eigenvalue weighted by molar-refractivity contribution is 6.74. The maximum atomic E-state index is 14.9. The van der Waals surface area contributed by atoms with Crippen LogP contribution in [0.5, 0.6) is 0 Å². The number of hydrogen-bond donors (Lipinski definition) is 3. The van der Waals surface area contributed by atoms with Crippen LogP contribution in [0.25, 0.3) is 0 Å². The van der Waals surface area contributed by atoms with Crippen LogP contribution in [-0.2, 0) is 16.6 Å². The zero-order valence-corrected chi connectivity index (χ0v) is 29.8. The number of nitrogens with one attached hydrogen (secondary N) is 2. The molecule has 4 rings (SSSR count). The molecule has 3 N–H and O–H groups in total. The summed E-state index contributed by atoms with van der Waals surface area (Å²) in [6.45, 7) is 9.01. The van der Waals surface area contributed by atoms with Gasteiger partial charge in [-0.1, -0.05) is 45.0 Å². The minimum Gasteiger partial charge on any atom is -0.465 e. The van der Waals surface area contributed by atoms with Gasteiger partial charge in [0, 0.05) is 63.0 Å². The molecule has 2 fully saturated rings. The Hall–Kier alpha value is -3.90. The Balaban J connectivity index is 1.36. The van der Waals surface area contributed by atoms with E-state index >= 15 is 0 Å². The summed E-state index contributed by atoms with van der Waals surface area (Å²) in [7, 11) is -3.59. The first-order valence-electron chi connectivity index (χ1n) is 16.2. The number of halogens is 7. The summed E-state index contributed by atoms with van der Waals surface area (Å²) in [5, 5.41) is 13.1. The first-order valence-corrected chi connectivity index (χ1v) is 19.2. The van der Waals surface area contributed by atoms with Crippen LogP contribution in [0.3, 0.4) is 0 Å². The fraction of sp³-hybridized carbons (Fsp3) is 0.545. The third-order valence-electron chi connectivity index (χ3n) is 9.70. The number of piperazine rings is 1. The number of nitrogens with zero attached hydrogens (tertiary/aromatic N) is 3. The van der Waals surface area contributed by atoms with E-state index in [1.807, 2.05) is 4.90 Å². The van der Waals surface area contributed by atoms with Crippen molar-refractivity contribution in [2.24, 2.45) is 0 Å². The molecular formula is C33H42F7N5O5Si. The van der Waals surface area contributed by atoms with Crippen molar-refractivity contribution in [3.63, 3.8) is 0 Å². The summed E-state index contributed by atoms with van der Waals surface area (Å²) < 4.78 is 107. The fourth-order valence-corrected chi connectivity index (χ4v) is 7.16. The number of carbonyl (C=O) groups is 3. The average Bonchev–Trinajstić information content (AvgIpc) is 3.48. The van der Waals surface area contributed by atoms with Crippen molar-refractivity contribution in [2.45, 2.75) is 75.9 Å². The van der Waals surface area contributed by atoms with Gasteiger partial charge in [-0.2, -0.15) is 26.3 Å². The summed E-state index contributed by atoms with van der Waals surface area (Å²) in [6, 6.07) is 6.47. The zero-order chi connectivity index (χ0) is 38.2. The highest BCUT2D eigenvalue weighted by Gasteiger charge is 2.75. The topological polar surface area (TPSA) is 114 Å². The number of carboxylic acid groups (broad SMARTS) is 1. The number of urea groups is 1. The molecule has 1 atom stereocenters. The predicted molar refractivity (Wildman–Crippen MR) is 176 cm³/mol. The maximum absolute atomic E-state index is 14.9. The van der Waals surface area contributed by atoms with E-state index in [4.69, 9.17) is 9.53 Å². The van der Waals surface area contributed by atoms with Crippen molar-refractivity contribution < 1.29 is 54.6 Å². The van der Waals surface area contributed by atoms with Crippen LogP contribution in [0, 0.1) is 5.82 Å². The van der Waals surface area contributed by atoms with Crippen molar-refractivity contribution in [2.75, 3.05) is 44.6 Å². The molecule has 2 aliphatic heterocycles. The molecule has 1 unspecified atom stereocenters. The Labute approximate surface area is 292 Å². The number of hydrogen-bond acceptors (Lipinski definition) is 5. The summed E-state index contributed by atoms with van der Waals surface area (Å²) in [5.41, 5.74) is -5.24. The number of amides is 4. The Morgan fingerprint density at radius 3 is 1.96 bits per heavy atom. The van der Waals surface area contributed by atoms with Gasteiger partial charge in [-0.25, -0.2) is 14.0 Å². The number of likely N-dealkylation sites (tertiary alicyclic amines) is 1. The number of anilines is 1. The lowest BCUT2D eigenvalue weighted by Crippen LogP contribution is -2.62. The molecule has 0 saturated carbocycles. The quantitative estimate of drug-likeness (QED) is 0.198. The van der Waals surface area contributed by atoms with Gasteiger partial charge in [0.05, 0.1) is 5.69 Å². The standard InChI is InChI=1S/C33H42F7N5O5Si/c1-30(2,3)51(4,5)50-31(32(35,36)37,33(38,39)40)23-9-6-21(7-10-23)19-43-14-16-44(17-15-43)27(46)22-8-11-26(25(34)18-22)42-28(47)41-24-12-13-45(20-24)29(48)49/h6-11,18,24H,12-17,19-20H2,1-5H3,(H,48,49)(H2,41,42,47). The average molecular weight is 750 g/mol. The molecule has 51 heavy (non-hydrogen) atoms. The first kappa shape index (κ1) is 39.9. The van der Waals surface area contributed by atoms with Crippen LogP contribution in [0.4, 0.5) is 46.0 Å². The van der Waals surface area contributed by atoms with Crippen molar-refractivity contribution in [3.05, 3.63) is 65.0 Å². The maximum Gasteiger partial charge on any atom is 0.429 e. The van der Waals surface area contributed by atoms with Crippen molar-refractivity contribution in [3.8, 4) is 0 Å². The smallest absolute Gasteiger partial charge is 0.429 e. The normalized spacial score (nSPS) is 18.2. The monoisotopic (exact) mass is 749 g/mol. The summed E-state index contributed by atoms with van der Waals surface area (Å²) >= 11 is 0. The largest absolute Gasteiger partial charge is 0.465 e.